The third-order valence-electron chi connectivity index (χ3n) is 4.40. The quantitative estimate of drug-likeness (QED) is 0.367. The van der Waals surface area contributed by atoms with E-state index in [2.05, 4.69) is 40.5 Å². The van der Waals surface area contributed by atoms with Gasteiger partial charge in [-0.25, -0.2) is 15.0 Å². The first-order valence-corrected chi connectivity index (χ1v) is 9.00. The van der Waals surface area contributed by atoms with Crippen LogP contribution in [0, 0.1) is 0 Å². The molecule has 10 nitrogen and oxygen atoms in total. The van der Waals surface area contributed by atoms with Gasteiger partial charge in [-0.3, -0.25) is 25.2 Å². The molecule has 5 rings (SSSR count). The topological polar surface area (TPSA) is 141 Å². The SMILES string of the molecule is O=C(Nc1nc2c(C(=O)Nc3ncc[nH]3)cccc2[nH]1)c1cnc2ccccc2n1. The Balaban J connectivity index is 1.42. The molecular formula is C20H14N8O2. The average Bonchev–Trinajstić information content (AvgIpc) is 3.42. The van der Waals surface area contributed by atoms with Gasteiger partial charge in [-0.1, -0.05) is 18.2 Å². The molecule has 0 aliphatic rings. The number of carbonyl (C=O) groups is 2. The van der Waals surface area contributed by atoms with E-state index >= 15 is 0 Å². The van der Waals surface area contributed by atoms with Crippen molar-refractivity contribution >= 4 is 45.8 Å². The number of nitrogens with one attached hydrogen (secondary N) is 4. The number of hydrogen-bond donors (Lipinski definition) is 4. The van der Waals surface area contributed by atoms with Crippen molar-refractivity contribution in [1.29, 1.82) is 0 Å². The molecule has 10 heteroatoms. The number of fused-ring (bicyclic) bond motifs is 2. The summed E-state index contributed by atoms with van der Waals surface area (Å²) in [6, 6.07) is 12.4. The third kappa shape index (κ3) is 3.22. The Bertz CT molecular complexity index is 1390. The fourth-order valence-electron chi connectivity index (χ4n) is 3.02. The van der Waals surface area contributed by atoms with Crippen LogP contribution in [-0.2, 0) is 0 Å². The summed E-state index contributed by atoms with van der Waals surface area (Å²) in [6.45, 7) is 0. The highest BCUT2D eigenvalue weighted by molar-refractivity contribution is 6.11. The average molecular weight is 398 g/mol. The molecular weight excluding hydrogens is 384 g/mol. The molecule has 0 fully saturated rings. The Hall–Kier alpha value is -4.60. The monoisotopic (exact) mass is 398 g/mol. The first-order chi connectivity index (χ1) is 14.7. The van der Waals surface area contributed by atoms with Crippen LogP contribution in [0.2, 0.25) is 0 Å². The van der Waals surface area contributed by atoms with Crippen LogP contribution in [0.25, 0.3) is 22.1 Å². The predicted octanol–water partition coefficient (Wildman–Crippen LogP) is 2.73. The maximum absolute atomic E-state index is 12.6. The predicted molar refractivity (Wildman–Crippen MR) is 110 cm³/mol. The molecule has 0 bridgehead atoms. The van der Waals surface area contributed by atoms with Gasteiger partial charge in [0, 0.05) is 12.4 Å². The highest BCUT2D eigenvalue weighted by Crippen LogP contribution is 2.20. The lowest BCUT2D eigenvalue weighted by Gasteiger charge is -2.02. The van der Waals surface area contributed by atoms with Crippen LogP contribution in [0.15, 0.2) is 61.1 Å². The molecule has 0 spiro atoms. The second kappa shape index (κ2) is 7.09. The Morgan fingerprint density at radius 3 is 2.50 bits per heavy atom. The van der Waals surface area contributed by atoms with E-state index in [0.717, 1.165) is 0 Å². The van der Waals surface area contributed by atoms with E-state index in [1.165, 1.54) is 12.4 Å². The Kier molecular flexibility index (Phi) is 4.14. The molecule has 0 radical (unpaired) electrons. The lowest BCUT2D eigenvalue weighted by molar-refractivity contribution is 0.101. The van der Waals surface area contributed by atoms with E-state index in [-0.39, 0.29) is 17.5 Å². The van der Waals surface area contributed by atoms with Crippen molar-refractivity contribution < 1.29 is 9.59 Å². The fourth-order valence-corrected chi connectivity index (χ4v) is 3.02. The molecule has 2 amide bonds. The Morgan fingerprint density at radius 2 is 1.67 bits per heavy atom. The first-order valence-electron chi connectivity index (χ1n) is 9.00. The van der Waals surface area contributed by atoms with Crippen LogP contribution in [0.3, 0.4) is 0 Å². The second-order valence-electron chi connectivity index (χ2n) is 6.38. The molecule has 2 aromatic carbocycles. The van der Waals surface area contributed by atoms with Crippen molar-refractivity contribution in [2.45, 2.75) is 0 Å². The van der Waals surface area contributed by atoms with E-state index in [9.17, 15) is 9.59 Å². The molecule has 0 saturated carbocycles. The van der Waals surface area contributed by atoms with E-state index in [0.29, 0.717) is 33.6 Å². The smallest absolute Gasteiger partial charge is 0.278 e. The van der Waals surface area contributed by atoms with Crippen molar-refractivity contribution in [3.63, 3.8) is 0 Å². The summed E-state index contributed by atoms with van der Waals surface area (Å²) in [5, 5.41) is 5.32. The van der Waals surface area contributed by atoms with Gasteiger partial charge in [0.2, 0.25) is 11.9 Å². The molecule has 3 heterocycles. The maximum Gasteiger partial charge on any atom is 0.278 e. The van der Waals surface area contributed by atoms with Crippen molar-refractivity contribution in [2.24, 2.45) is 0 Å². The van der Waals surface area contributed by atoms with Gasteiger partial charge < -0.3 is 9.97 Å². The summed E-state index contributed by atoms with van der Waals surface area (Å²) in [5.41, 5.74) is 2.83. The minimum atomic E-state index is -0.464. The van der Waals surface area contributed by atoms with Crippen molar-refractivity contribution in [2.75, 3.05) is 10.6 Å². The first kappa shape index (κ1) is 17.5. The summed E-state index contributed by atoms with van der Waals surface area (Å²) in [6.07, 6.45) is 4.55. The number of imidazole rings is 2. The Morgan fingerprint density at radius 1 is 0.833 bits per heavy atom. The van der Waals surface area contributed by atoms with Crippen LogP contribution in [0.5, 0.6) is 0 Å². The fraction of sp³-hybridized carbons (Fsp3) is 0. The molecule has 5 aromatic rings. The number of amides is 2. The molecule has 3 aromatic heterocycles. The van der Waals surface area contributed by atoms with E-state index in [1.54, 1.807) is 30.5 Å². The van der Waals surface area contributed by atoms with Crippen molar-refractivity contribution in [3.8, 4) is 0 Å². The summed E-state index contributed by atoms with van der Waals surface area (Å²) < 4.78 is 0. The van der Waals surface area contributed by atoms with Gasteiger partial charge in [0.1, 0.15) is 11.2 Å². The summed E-state index contributed by atoms with van der Waals surface area (Å²) in [5.74, 6) is -0.312. The molecule has 0 aliphatic carbocycles. The lowest BCUT2D eigenvalue weighted by atomic mass is 10.2. The van der Waals surface area contributed by atoms with Gasteiger partial charge in [0.05, 0.1) is 28.3 Å². The highest BCUT2D eigenvalue weighted by Gasteiger charge is 2.17. The summed E-state index contributed by atoms with van der Waals surface area (Å²) >= 11 is 0. The van der Waals surface area contributed by atoms with E-state index < -0.39 is 5.91 Å². The number of carbonyl (C=O) groups excluding carboxylic acids is 2. The van der Waals surface area contributed by atoms with Crippen LogP contribution in [0.4, 0.5) is 11.9 Å². The zero-order valence-electron chi connectivity index (χ0n) is 15.4. The highest BCUT2D eigenvalue weighted by atomic mass is 16.2. The number of hydrogen-bond acceptors (Lipinski definition) is 6. The number of aromatic amines is 2. The normalized spacial score (nSPS) is 10.9. The van der Waals surface area contributed by atoms with Crippen LogP contribution in [0.1, 0.15) is 20.8 Å². The summed E-state index contributed by atoms with van der Waals surface area (Å²) in [4.78, 5) is 47.9. The molecule has 0 aliphatic heterocycles. The van der Waals surface area contributed by atoms with E-state index in [4.69, 9.17) is 0 Å². The van der Waals surface area contributed by atoms with Gasteiger partial charge in [0.15, 0.2) is 0 Å². The Labute approximate surface area is 168 Å². The number of benzene rings is 2. The molecule has 4 N–H and O–H groups in total. The van der Waals surface area contributed by atoms with Crippen molar-refractivity contribution in [1.82, 2.24) is 29.9 Å². The van der Waals surface area contributed by atoms with E-state index in [1.807, 2.05) is 18.2 Å². The molecule has 0 saturated heterocycles. The number of rotatable bonds is 4. The molecule has 0 atom stereocenters. The van der Waals surface area contributed by atoms with Gasteiger partial charge >= 0.3 is 0 Å². The summed E-state index contributed by atoms with van der Waals surface area (Å²) in [7, 11) is 0. The molecule has 30 heavy (non-hydrogen) atoms. The van der Waals surface area contributed by atoms with Crippen molar-refractivity contribution in [3.05, 3.63) is 72.3 Å². The van der Waals surface area contributed by atoms with Gasteiger partial charge in [-0.2, -0.15) is 0 Å². The molecule has 146 valence electrons. The van der Waals surface area contributed by atoms with Gasteiger partial charge in [0.25, 0.3) is 11.8 Å². The second-order valence-corrected chi connectivity index (χ2v) is 6.38. The number of aromatic nitrogens is 6. The number of anilines is 2. The number of H-pyrrole nitrogens is 2. The zero-order valence-corrected chi connectivity index (χ0v) is 15.4. The minimum absolute atomic E-state index is 0.157. The van der Waals surface area contributed by atoms with Gasteiger partial charge in [-0.05, 0) is 24.3 Å². The van der Waals surface area contributed by atoms with Crippen LogP contribution >= 0.6 is 0 Å². The zero-order chi connectivity index (χ0) is 20.5. The number of para-hydroxylation sites is 3. The standard InChI is InChI=1S/C20H14N8O2/c29-17(27-19-21-8-9-22-19)11-4-3-7-14-16(11)26-20(25-14)28-18(30)15-10-23-12-5-1-2-6-13(12)24-15/h1-10H,(H2,21,22,27,29)(H2,25,26,28,30). The maximum atomic E-state index is 12.6. The molecule has 0 unspecified atom stereocenters. The number of nitrogens with zero attached hydrogens (tertiary/aromatic N) is 4. The third-order valence-corrected chi connectivity index (χ3v) is 4.40. The van der Waals surface area contributed by atoms with Crippen LogP contribution < -0.4 is 10.6 Å². The van der Waals surface area contributed by atoms with Gasteiger partial charge in [-0.15, -0.1) is 0 Å². The lowest BCUT2D eigenvalue weighted by Crippen LogP contribution is -2.15. The van der Waals surface area contributed by atoms with Crippen LogP contribution in [-0.4, -0.2) is 41.7 Å². The minimum Gasteiger partial charge on any atom is -0.331 e. The largest absolute Gasteiger partial charge is 0.331 e.